The minimum atomic E-state index is -5.38. The lowest BCUT2D eigenvalue weighted by molar-refractivity contribution is -0.263. The van der Waals surface area contributed by atoms with Gasteiger partial charge >= 0.3 is 6.18 Å². The van der Waals surface area contributed by atoms with Gasteiger partial charge in [0.15, 0.2) is 0 Å². The monoisotopic (exact) mass is 570 g/mol. The fraction of sp³-hybridized carbons (Fsp3) is 0.519. The molecule has 1 atom stereocenters. The zero-order chi connectivity index (χ0) is 28.4. The Morgan fingerprint density at radius 1 is 1.03 bits per heavy atom. The lowest BCUT2D eigenvalue weighted by atomic mass is 9.82. The molecule has 2 N–H and O–H groups in total. The molecule has 39 heavy (non-hydrogen) atoms. The summed E-state index contributed by atoms with van der Waals surface area (Å²) < 4.78 is 56.0. The number of hydrogen-bond donors (Lipinski definition) is 2. The Hall–Kier alpha value is -2.92. The first-order valence-corrected chi connectivity index (χ1v) is 13.3. The molecule has 2 aliphatic rings. The van der Waals surface area contributed by atoms with Gasteiger partial charge in [0.05, 0.1) is 5.56 Å². The van der Waals surface area contributed by atoms with Gasteiger partial charge in [0.2, 0.25) is 0 Å². The van der Waals surface area contributed by atoms with Gasteiger partial charge in [-0.2, -0.15) is 13.2 Å². The maximum atomic E-state index is 14.2. The fourth-order valence-corrected chi connectivity index (χ4v) is 5.75. The Kier molecular flexibility index (Phi) is 8.70. The van der Waals surface area contributed by atoms with Crippen LogP contribution in [0, 0.1) is 17.7 Å². The van der Waals surface area contributed by atoms with Crippen LogP contribution in [-0.2, 0) is 10.4 Å². The average Bonchev–Trinajstić information content (AvgIpc) is 2.92. The molecular formula is C27H31ClF4N4O3. The largest absolute Gasteiger partial charge is 0.430 e. The van der Waals surface area contributed by atoms with Crippen LogP contribution in [0.5, 0.6) is 0 Å². The third-order valence-electron chi connectivity index (χ3n) is 7.80. The minimum absolute atomic E-state index is 0.0648. The molecule has 2 aromatic rings. The second-order valence-corrected chi connectivity index (χ2v) is 10.5. The highest BCUT2D eigenvalue weighted by Crippen LogP contribution is 2.42. The smallest absolute Gasteiger partial charge is 0.368 e. The van der Waals surface area contributed by atoms with Gasteiger partial charge in [-0.3, -0.25) is 9.59 Å². The van der Waals surface area contributed by atoms with Crippen molar-refractivity contribution in [3.63, 3.8) is 0 Å². The lowest BCUT2D eigenvalue weighted by Gasteiger charge is -2.40. The number of carbonyl (C=O) groups is 2. The van der Waals surface area contributed by atoms with Gasteiger partial charge in [0, 0.05) is 38.8 Å². The van der Waals surface area contributed by atoms with Crippen molar-refractivity contribution < 1.29 is 32.3 Å². The molecule has 1 aromatic carbocycles. The van der Waals surface area contributed by atoms with Crippen LogP contribution in [0.2, 0.25) is 5.15 Å². The van der Waals surface area contributed by atoms with E-state index in [1.54, 1.807) is 12.1 Å². The average molecular weight is 571 g/mol. The zero-order valence-corrected chi connectivity index (χ0v) is 22.2. The summed E-state index contributed by atoms with van der Waals surface area (Å²) >= 11 is 6.19. The molecule has 3 heterocycles. The molecule has 2 aliphatic heterocycles. The van der Waals surface area contributed by atoms with E-state index in [0.29, 0.717) is 30.1 Å². The topological polar surface area (TPSA) is 85.8 Å². The van der Waals surface area contributed by atoms with E-state index in [9.17, 15) is 32.3 Å². The number of likely N-dealkylation sites (tertiary alicyclic amines) is 1. The molecule has 0 bridgehead atoms. The number of hydrogen-bond acceptors (Lipinski definition) is 5. The Bertz CT molecular complexity index is 1200. The van der Waals surface area contributed by atoms with Gasteiger partial charge in [0.1, 0.15) is 16.8 Å². The minimum Gasteiger partial charge on any atom is -0.368 e. The number of aromatic nitrogens is 1. The first-order valence-electron chi connectivity index (χ1n) is 12.9. The van der Waals surface area contributed by atoms with Gasteiger partial charge in [-0.15, -0.1) is 0 Å². The zero-order valence-electron chi connectivity index (χ0n) is 21.5. The number of nitrogens with zero attached hydrogens (tertiary/aromatic N) is 3. The Balaban J connectivity index is 1.31. The van der Waals surface area contributed by atoms with Crippen LogP contribution in [0.3, 0.4) is 0 Å². The van der Waals surface area contributed by atoms with E-state index in [0.717, 1.165) is 55.5 Å². The number of halogens is 5. The highest BCUT2D eigenvalue weighted by atomic mass is 35.5. The molecule has 0 saturated carbocycles. The van der Waals surface area contributed by atoms with Gasteiger partial charge in [0.25, 0.3) is 17.4 Å². The van der Waals surface area contributed by atoms with Crippen LogP contribution in [0.15, 0.2) is 36.4 Å². The van der Waals surface area contributed by atoms with Crippen molar-refractivity contribution >= 4 is 29.2 Å². The summed E-state index contributed by atoms with van der Waals surface area (Å²) in [5.74, 6) is -1.78. The number of amides is 2. The summed E-state index contributed by atoms with van der Waals surface area (Å²) in [4.78, 5) is 32.2. The van der Waals surface area contributed by atoms with E-state index in [1.807, 2.05) is 0 Å². The molecule has 0 spiro atoms. The Morgan fingerprint density at radius 3 is 2.15 bits per heavy atom. The summed E-state index contributed by atoms with van der Waals surface area (Å²) in [7, 11) is 1.52. The van der Waals surface area contributed by atoms with Crippen LogP contribution >= 0.6 is 11.6 Å². The van der Waals surface area contributed by atoms with E-state index < -0.39 is 29.1 Å². The molecule has 4 rings (SSSR count). The molecule has 12 heteroatoms. The number of alkyl halides is 3. The molecule has 2 saturated heterocycles. The molecule has 0 unspecified atom stereocenters. The van der Waals surface area contributed by atoms with E-state index >= 15 is 0 Å². The number of rotatable bonds is 6. The summed E-state index contributed by atoms with van der Waals surface area (Å²) in [6.07, 6.45) is -1.67. The SMILES string of the molecule is CNC(=O)c1ccc(N2CCC(CC3CCN(C(=O)[C@](O)(c4ccccc4F)C(F)(F)F)CC3)CC2)nc1Cl. The van der Waals surface area contributed by atoms with Crippen molar-refractivity contribution in [1.29, 1.82) is 0 Å². The van der Waals surface area contributed by atoms with Crippen LogP contribution in [0.1, 0.15) is 48.0 Å². The number of anilines is 1. The number of pyridine rings is 1. The van der Waals surface area contributed by atoms with Gasteiger partial charge in [-0.1, -0.05) is 29.8 Å². The highest BCUT2D eigenvalue weighted by molar-refractivity contribution is 6.32. The molecule has 0 aliphatic carbocycles. The molecule has 212 valence electrons. The van der Waals surface area contributed by atoms with Gasteiger partial charge in [-0.25, -0.2) is 9.37 Å². The first kappa shape index (κ1) is 29.1. The molecule has 2 fully saturated rings. The fourth-order valence-electron chi connectivity index (χ4n) is 5.52. The van der Waals surface area contributed by atoms with Crippen LogP contribution in [0.25, 0.3) is 0 Å². The van der Waals surface area contributed by atoms with Crippen molar-refractivity contribution in [2.45, 2.75) is 43.9 Å². The van der Waals surface area contributed by atoms with Crippen molar-refractivity contribution in [2.24, 2.45) is 11.8 Å². The Labute approximate surface area is 229 Å². The summed E-state index contributed by atoms with van der Waals surface area (Å²) in [5, 5.41) is 13.2. The van der Waals surface area contributed by atoms with E-state index in [4.69, 9.17) is 11.6 Å². The standard InChI is InChI=1S/C27H31ClF4N4O3/c1-33-24(37)19-6-7-22(34-23(19)28)35-12-8-17(9-13-35)16-18-10-14-36(15-11-18)25(38)26(39,27(30,31)32)20-4-2-3-5-21(20)29/h2-7,17-18,39H,8-16H2,1H3,(H,33,37)/t26-/m1/s1. The van der Waals surface area contributed by atoms with Crippen LogP contribution in [0.4, 0.5) is 23.4 Å². The molecule has 0 radical (unpaired) electrons. The second kappa shape index (κ2) is 11.7. The summed E-state index contributed by atoms with van der Waals surface area (Å²) in [6, 6.07) is 7.36. The highest BCUT2D eigenvalue weighted by Gasteiger charge is 2.63. The quantitative estimate of drug-likeness (QED) is 0.394. The van der Waals surface area contributed by atoms with Crippen molar-refractivity contribution in [3.8, 4) is 0 Å². The summed E-state index contributed by atoms with van der Waals surface area (Å²) in [6.45, 7) is 1.64. The summed E-state index contributed by atoms with van der Waals surface area (Å²) in [5.41, 5.74) is -4.71. The van der Waals surface area contributed by atoms with Crippen LogP contribution in [-0.4, -0.2) is 66.2 Å². The Morgan fingerprint density at radius 2 is 1.62 bits per heavy atom. The number of carbonyl (C=O) groups excluding carboxylic acids is 2. The molecular weight excluding hydrogens is 540 g/mol. The maximum Gasteiger partial charge on any atom is 0.430 e. The van der Waals surface area contributed by atoms with Crippen molar-refractivity contribution in [3.05, 3.63) is 58.5 Å². The molecule has 1 aromatic heterocycles. The number of nitrogens with one attached hydrogen (secondary N) is 1. The van der Waals surface area contributed by atoms with Crippen LogP contribution < -0.4 is 10.2 Å². The number of piperidine rings is 2. The normalized spacial score (nSPS) is 19.1. The van der Waals surface area contributed by atoms with E-state index in [-0.39, 0.29) is 30.1 Å². The predicted octanol–water partition coefficient (Wildman–Crippen LogP) is 4.53. The molecule has 2 amide bonds. The van der Waals surface area contributed by atoms with Gasteiger partial charge in [-0.05, 0) is 62.1 Å². The second-order valence-electron chi connectivity index (χ2n) is 10.2. The third-order valence-corrected chi connectivity index (χ3v) is 8.08. The van der Waals surface area contributed by atoms with E-state index in [1.165, 1.54) is 13.1 Å². The number of aliphatic hydroxyl groups is 1. The lowest BCUT2D eigenvalue weighted by Crippen LogP contribution is -2.57. The van der Waals surface area contributed by atoms with Crippen molar-refractivity contribution in [1.82, 2.24) is 15.2 Å². The maximum absolute atomic E-state index is 14.2. The first-order chi connectivity index (χ1) is 18.5. The molecule has 7 nitrogen and oxygen atoms in total. The third kappa shape index (κ3) is 5.99. The van der Waals surface area contributed by atoms with Crippen molar-refractivity contribution in [2.75, 3.05) is 38.1 Å². The van der Waals surface area contributed by atoms with E-state index in [2.05, 4.69) is 15.2 Å². The van der Waals surface area contributed by atoms with Gasteiger partial charge < -0.3 is 20.2 Å². The predicted molar refractivity (Wildman–Crippen MR) is 138 cm³/mol. The number of benzene rings is 1.